The molecule has 0 bridgehead atoms. The van der Waals surface area contributed by atoms with Gasteiger partial charge >= 0.3 is 0 Å². The number of aromatic nitrogens is 2. The number of nitrogens with one attached hydrogen (secondary N) is 1. The minimum absolute atomic E-state index is 0.0722. The predicted molar refractivity (Wildman–Crippen MR) is 72.7 cm³/mol. The highest BCUT2D eigenvalue weighted by Crippen LogP contribution is 2.25. The first-order valence-electron chi connectivity index (χ1n) is 5.56. The Balaban J connectivity index is 2.62. The van der Waals surface area contributed by atoms with E-state index in [1.807, 2.05) is 19.2 Å². The van der Waals surface area contributed by atoms with Crippen molar-refractivity contribution < 1.29 is 0 Å². The predicted octanol–water partition coefficient (Wildman–Crippen LogP) is 3.80. The average molecular weight is 250 g/mol. The maximum absolute atomic E-state index is 6.03. The molecule has 1 N–H and O–H groups in total. The molecular formula is C13H16ClN3. The number of fused-ring (bicyclic) bond motifs is 1. The van der Waals surface area contributed by atoms with Crippen molar-refractivity contribution in [3.8, 4) is 0 Å². The summed E-state index contributed by atoms with van der Waals surface area (Å²) in [5.41, 5.74) is 1.90. The molecule has 0 aliphatic heterocycles. The number of pyridine rings is 2. The summed E-state index contributed by atoms with van der Waals surface area (Å²) in [5.74, 6) is 0.736. The van der Waals surface area contributed by atoms with Crippen molar-refractivity contribution in [3.63, 3.8) is 0 Å². The van der Waals surface area contributed by atoms with Crippen molar-refractivity contribution in [1.29, 1.82) is 0 Å². The molecule has 2 aromatic heterocycles. The Labute approximate surface area is 106 Å². The summed E-state index contributed by atoms with van der Waals surface area (Å²) in [5, 5.41) is 4.82. The second-order valence-corrected chi connectivity index (χ2v) is 5.64. The highest BCUT2D eigenvalue weighted by atomic mass is 35.5. The molecule has 0 aromatic carbocycles. The van der Waals surface area contributed by atoms with Crippen molar-refractivity contribution in [2.45, 2.75) is 33.2 Å². The lowest BCUT2D eigenvalue weighted by molar-refractivity contribution is 0.631. The molecule has 0 aliphatic rings. The summed E-state index contributed by atoms with van der Waals surface area (Å²) in [7, 11) is 0. The summed E-state index contributed by atoms with van der Waals surface area (Å²) in [6.07, 6.45) is 1.84. The molecular weight excluding hydrogens is 234 g/mol. The number of hydrogen-bond donors (Lipinski definition) is 1. The van der Waals surface area contributed by atoms with Crippen LogP contribution in [0.4, 0.5) is 5.82 Å². The van der Waals surface area contributed by atoms with Crippen LogP contribution in [0, 0.1) is 6.92 Å². The first-order valence-corrected chi connectivity index (χ1v) is 5.94. The van der Waals surface area contributed by atoms with E-state index in [0.29, 0.717) is 5.15 Å². The third-order valence-corrected chi connectivity index (χ3v) is 2.46. The van der Waals surface area contributed by atoms with Gasteiger partial charge in [0.2, 0.25) is 0 Å². The zero-order valence-electron chi connectivity index (χ0n) is 10.5. The summed E-state index contributed by atoms with van der Waals surface area (Å²) >= 11 is 6.03. The lowest BCUT2D eigenvalue weighted by Crippen LogP contribution is -2.27. The van der Waals surface area contributed by atoms with Crippen LogP contribution in [0.15, 0.2) is 18.3 Å². The molecule has 0 radical (unpaired) electrons. The lowest BCUT2D eigenvalue weighted by Gasteiger charge is -2.22. The van der Waals surface area contributed by atoms with Crippen LogP contribution in [0.1, 0.15) is 26.3 Å². The minimum atomic E-state index is -0.0722. The molecule has 0 amide bonds. The first kappa shape index (κ1) is 12.1. The maximum atomic E-state index is 6.03. The van der Waals surface area contributed by atoms with Crippen molar-refractivity contribution in [2.75, 3.05) is 5.32 Å². The molecule has 0 unspecified atom stereocenters. The van der Waals surface area contributed by atoms with Gasteiger partial charge in [0.05, 0.1) is 0 Å². The van der Waals surface area contributed by atoms with Crippen LogP contribution in [0.5, 0.6) is 0 Å². The summed E-state index contributed by atoms with van der Waals surface area (Å²) in [6, 6.07) is 3.90. The van der Waals surface area contributed by atoms with Crippen LogP contribution in [0.3, 0.4) is 0 Å². The van der Waals surface area contributed by atoms with Crippen LogP contribution in [0.2, 0.25) is 5.15 Å². The van der Waals surface area contributed by atoms with Gasteiger partial charge in [-0.3, -0.25) is 4.98 Å². The molecule has 0 fully saturated rings. The van der Waals surface area contributed by atoms with Gasteiger partial charge in [-0.15, -0.1) is 0 Å². The third kappa shape index (κ3) is 2.86. The Kier molecular flexibility index (Phi) is 2.96. The lowest BCUT2D eigenvalue weighted by atomic mass is 10.1. The zero-order chi connectivity index (χ0) is 12.6. The number of rotatable bonds is 1. The smallest absolute Gasteiger partial charge is 0.154 e. The van der Waals surface area contributed by atoms with E-state index in [-0.39, 0.29) is 5.54 Å². The third-order valence-electron chi connectivity index (χ3n) is 2.26. The SMILES string of the molecule is Cc1cnc2c(NC(C)(C)C)nc(Cl)cc2c1. The Hall–Kier alpha value is -1.35. The summed E-state index contributed by atoms with van der Waals surface area (Å²) < 4.78 is 0. The molecule has 3 nitrogen and oxygen atoms in total. The summed E-state index contributed by atoms with van der Waals surface area (Å²) in [4.78, 5) is 8.73. The van der Waals surface area contributed by atoms with Gasteiger partial charge in [0.1, 0.15) is 10.7 Å². The molecule has 2 rings (SSSR count). The summed E-state index contributed by atoms with van der Waals surface area (Å²) in [6.45, 7) is 8.25. The number of aryl methyl sites for hydroxylation is 1. The highest BCUT2D eigenvalue weighted by Gasteiger charge is 2.14. The fourth-order valence-corrected chi connectivity index (χ4v) is 1.86. The zero-order valence-corrected chi connectivity index (χ0v) is 11.3. The number of hydrogen-bond acceptors (Lipinski definition) is 3. The van der Waals surface area contributed by atoms with E-state index in [2.05, 4.69) is 42.1 Å². The van der Waals surface area contributed by atoms with E-state index in [9.17, 15) is 0 Å². The normalized spacial score (nSPS) is 11.8. The van der Waals surface area contributed by atoms with Crippen LogP contribution < -0.4 is 5.32 Å². The van der Waals surface area contributed by atoms with Gasteiger partial charge < -0.3 is 5.32 Å². The van der Waals surface area contributed by atoms with Crippen molar-refractivity contribution in [2.24, 2.45) is 0 Å². The topological polar surface area (TPSA) is 37.8 Å². The fourth-order valence-electron chi connectivity index (χ4n) is 1.66. The molecule has 17 heavy (non-hydrogen) atoms. The standard InChI is InChI=1S/C13H16ClN3/c1-8-5-9-6-10(14)16-12(11(9)15-7-8)17-13(2,3)4/h5-7H,1-4H3,(H,16,17). The van der Waals surface area contributed by atoms with Gasteiger partial charge in [0.15, 0.2) is 5.82 Å². The monoisotopic (exact) mass is 249 g/mol. The molecule has 2 heterocycles. The van der Waals surface area contributed by atoms with Crippen LogP contribution in [-0.4, -0.2) is 15.5 Å². The first-order chi connectivity index (χ1) is 7.85. The Morgan fingerprint density at radius 1 is 1.24 bits per heavy atom. The average Bonchev–Trinajstić information content (AvgIpc) is 2.13. The van der Waals surface area contributed by atoms with Crippen LogP contribution in [-0.2, 0) is 0 Å². The van der Waals surface area contributed by atoms with Gasteiger partial charge in [-0.05, 0) is 45.4 Å². The van der Waals surface area contributed by atoms with Crippen molar-refractivity contribution in [3.05, 3.63) is 29.0 Å². The van der Waals surface area contributed by atoms with E-state index < -0.39 is 0 Å². The molecule has 0 saturated carbocycles. The van der Waals surface area contributed by atoms with Crippen molar-refractivity contribution in [1.82, 2.24) is 9.97 Å². The van der Waals surface area contributed by atoms with E-state index >= 15 is 0 Å². The van der Waals surface area contributed by atoms with E-state index in [1.54, 1.807) is 0 Å². The number of nitrogens with zero attached hydrogens (tertiary/aromatic N) is 2. The van der Waals surface area contributed by atoms with Gasteiger partial charge in [0.25, 0.3) is 0 Å². The minimum Gasteiger partial charge on any atom is -0.364 e. The van der Waals surface area contributed by atoms with E-state index in [0.717, 1.165) is 22.3 Å². The van der Waals surface area contributed by atoms with E-state index in [4.69, 9.17) is 11.6 Å². The largest absolute Gasteiger partial charge is 0.364 e. The molecule has 0 atom stereocenters. The second kappa shape index (κ2) is 4.15. The Morgan fingerprint density at radius 2 is 1.94 bits per heavy atom. The van der Waals surface area contributed by atoms with Crippen LogP contribution in [0.25, 0.3) is 10.9 Å². The molecule has 2 aromatic rings. The van der Waals surface area contributed by atoms with Crippen LogP contribution >= 0.6 is 11.6 Å². The molecule has 0 spiro atoms. The molecule has 4 heteroatoms. The molecule has 0 aliphatic carbocycles. The second-order valence-electron chi connectivity index (χ2n) is 5.25. The number of anilines is 1. The Morgan fingerprint density at radius 3 is 2.59 bits per heavy atom. The highest BCUT2D eigenvalue weighted by molar-refractivity contribution is 6.30. The molecule has 90 valence electrons. The fraction of sp³-hybridized carbons (Fsp3) is 0.385. The van der Waals surface area contributed by atoms with Gasteiger partial charge in [-0.2, -0.15) is 0 Å². The Bertz CT molecular complexity index is 553. The van der Waals surface area contributed by atoms with Gasteiger partial charge in [-0.25, -0.2) is 4.98 Å². The maximum Gasteiger partial charge on any atom is 0.154 e. The van der Waals surface area contributed by atoms with Gasteiger partial charge in [-0.1, -0.05) is 11.6 Å². The van der Waals surface area contributed by atoms with E-state index in [1.165, 1.54) is 0 Å². The molecule has 0 saturated heterocycles. The quantitative estimate of drug-likeness (QED) is 0.781. The van der Waals surface area contributed by atoms with Crippen molar-refractivity contribution >= 4 is 28.3 Å². The van der Waals surface area contributed by atoms with Gasteiger partial charge in [0, 0.05) is 17.1 Å². The number of halogens is 1.